The van der Waals surface area contributed by atoms with E-state index in [9.17, 15) is 0 Å². The van der Waals surface area contributed by atoms with Crippen molar-refractivity contribution in [1.29, 1.82) is 0 Å². The van der Waals surface area contributed by atoms with Gasteiger partial charge in [-0.25, -0.2) is 9.97 Å². The van der Waals surface area contributed by atoms with Gasteiger partial charge >= 0.3 is 0 Å². The highest BCUT2D eigenvalue weighted by atomic mass is 35.5. The van der Waals surface area contributed by atoms with Crippen LogP contribution in [0.4, 0.5) is 0 Å². The minimum absolute atomic E-state index is 0.388. The van der Waals surface area contributed by atoms with Crippen LogP contribution in [0.5, 0.6) is 0 Å². The number of hydrogen-bond donors (Lipinski definition) is 0. The summed E-state index contributed by atoms with van der Waals surface area (Å²) in [6.45, 7) is 1.81. The Hall–Kier alpha value is -0.380. The van der Waals surface area contributed by atoms with Crippen molar-refractivity contribution in [3.8, 4) is 0 Å². The molecule has 3 nitrogen and oxygen atoms in total. The highest BCUT2D eigenvalue weighted by Gasteiger charge is 2.39. The van der Waals surface area contributed by atoms with Gasteiger partial charge in [0.25, 0.3) is 0 Å². The molecule has 1 fully saturated rings. The predicted octanol–water partition coefficient (Wildman–Crippen LogP) is 3.51. The quantitative estimate of drug-likeness (QED) is 0.764. The molecule has 1 heterocycles. The monoisotopic (exact) mass is 260 g/mol. The number of rotatable bonds is 2. The summed E-state index contributed by atoms with van der Waals surface area (Å²) in [4.78, 5) is 8.61. The molecule has 0 spiro atoms. The lowest BCUT2D eigenvalue weighted by Gasteiger charge is -2.26. The molecular formula is C11H14Cl2N2O. The van der Waals surface area contributed by atoms with Crippen LogP contribution >= 0.6 is 23.2 Å². The summed E-state index contributed by atoms with van der Waals surface area (Å²) in [5, 5.41) is 0.830. The van der Waals surface area contributed by atoms with Crippen molar-refractivity contribution >= 4 is 23.2 Å². The average Bonchev–Trinajstić information content (AvgIpc) is 2.75. The van der Waals surface area contributed by atoms with Crippen LogP contribution in [0.15, 0.2) is 0 Å². The summed E-state index contributed by atoms with van der Waals surface area (Å²) >= 11 is 12.1. The Morgan fingerprint density at radius 1 is 1.12 bits per heavy atom. The number of aromatic nitrogens is 2. The van der Waals surface area contributed by atoms with Gasteiger partial charge in [-0.3, -0.25) is 0 Å². The molecule has 2 rings (SSSR count). The summed E-state index contributed by atoms with van der Waals surface area (Å²) in [7, 11) is 1.69. The minimum atomic E-state index is -0.388. The fraction of sp³-hybridized carbons (Fsp3) is 0.636. The van der Waals surface area contributed by atoms with Crippen LogP contribution in [-0.2, 0) is 10.3 Å². The zero-order valence-corrected chi connectivity index (χ0v) is 10.9. The van der Waals surface area contributed by atoms with Crippen LogP contribution in [0.25, 0.3) is 0 Å². The third-order valence-corrected chi connectivity index (χ3v) is 3.97. The van der Waals surface area contributed by atoms with Crippen LogP contribution in [0.2, 0.25) is 10.3 Å². The second kappa shape index (κ2) is 4.47. The maximum absolute atomic E-state index is 6.03. The van der Waals surface area contributed by atoms with E-state index >= 15 is 0 Å². The van der Waals surface area contributed by atoms with Crippen LogP contribution in [0, 0.1) is 6.92 Å². The number of halogens is 2. The molecule has 0 N–H and O–H groups in total. The van der Waals surface area contributed by atoms with Gasteiger partial charge in [0, 0.05) is 12.7 Å². The van der Waals surface area contributed by atoms with E-state index in [0.717, 1.165) is 31.2 Å². The zero-order chi connectivity index (χ0) is 11.8. The Kier molecular flexibility index (Phi) is 3.38. The first kappa shape index (κ1) is 12.1. The molecule has 16 heavy (non-hydrogen) atoms. The maximum atomic E-state index is 6.03. The lowest BCUT2D eigenvalue weighted by molar-refractivity contribution is -0.0163. The molecule has 1 aliphatic carbocycles. The van der Waals surface area contributed by atoms with E-state index in [1.807, 2.05) is 6.92 Å². The second-order valence-electron chi connectivity index (χ2n) is 4.16. The Labute approximate surface area is 105 Å². The molecule has 0 bridgehead atoms. The number of ether oxygens (including phenoxy) is 1. The molecule has 0 saturated heterocycles. The first-order valence-corrected chi connectivity index (χ1v) is 6.10. The standard InChI is InChI=1S/C11H14Cl2N2O/c1-7-8(12)14-10(15-9(7)13)11(16-2)5-3-4-6-11/h3-6H2,1-2H3. The molecular weight excluding hydrogens is 247 g/mol. The SMILES string of the molecule is COC1(c2nc(Cl)c(C)c(Cl)n2)CCCC1. The molecule has 0 aliphatic heterocycles. The van der Waals surface area contributed by atoms with Crippen molar-refractivity contribution in [2.45, 2.75) is 38.2 Å². The first-order valence-electron chi connectivity index (χ1n) is 5.34. The zero-order valence-electron chi connectivity index (χ0n) is 9.39. The summed E-state index contributed by atoms with van der Waals surface area (Å²) in [5.74, 6) is 0.619. The molecule has 88 valence electrons. The fourth-order valence-corrected chi connectivity index (χ4v) is 2.52. The molecule has 5 heteroatoms. The summed E-state index contributed by atoms with van der Waals surface area (Å²) < 4.78 is 5.59. The lowest BCUT2D eigenvalue weighted by Crippen LogP contribution is -2.27. The van der Waals surface area contributed by atoms with E-state index in [4.69, 9.17) is 27.9 Å². The lowest BCUT2D eigenvalue weighted by atomic mass is 10.0. The van der Waals surface area contributed by atoms with Gasteiger partial charge in [-0.1, -0.05) is 23.2 Å². The van der Waals surface area contributed by atoms with Gasteiger partial charge in [0.1, 0.15) is 15.9 Å². The van der Waals surface area contributed by atoms with Gasteiger partial charge < -0.3 is 4.74 Å². The molecule has 1 aliphatic rings. The van der Waals surface area contributed by atoms with E-state index in [1.165, 1.54) is 0 Å². The molecule has 0 aromatic carbocycles. The van der Waals surface area contributed by atoms with Crippen molar-refractivity contribution in [3.63, 3.8) is 0 Å². The minimum Gasteiger partial charge on any atom is -0.370 e. The van der Waals surface area contributed by atoms with Gasteiger partial charge in [0.05, 0.1) is 0 Å². The second-order valence-corrected chi connectivity index (χ2v) is 4.88. The Morgan fingerprint density at radius 2 is 1.62 bits per heavy atom. The summed E-state index contributed by atoms with van der Waals surface area (Å²) in [6.07, 6.45) is 4.11. The van der Waals surface area contributed by atoms with E-state index in [-0.39, 0.29) is 5.60 Å². The molecule has 0 atom stereocenters. The van der Waals surface area contributed by atoms with Crippen LogP contribution in [0.1, 0.15) is 37.1 Å². The fourth-order valence-electron chi connectivity index (χ4n) is 2.13. The van der Waals surface area contributed by atoms with Crippen molar-refractivity contribution < 1.29 is 4.74 Å². The van der Waals surface area contributed by atoms with E-state index < -0.39 is 0 Å². The molecule has 0 radical (unpaired) electrons. The predicted molar refractivity (Wildman–Crippen MR) is 63.9 cm³/mol. The van der Waals surface area contributed by atoms with Crippen molar-refractivity contribution in [1.82, 2.24) is 9.97 Å². The molecule has 1 aromatic rings. The first-order chi connectivity index (χ1) is 7.59. The number of hydrogen-bond acceptors (Lipinski definition) is 3. The topological polar surface area (TPSA) is 35.0 Å². The number of nitrogens with zero attached hydrogens (tertiary/aromatic N) is 2. The van der Waals surface area contributed by atoms with Gasteiger partial charge in [-0.2, -0.15) is 0 Å². The highest BCUT2D eigenvalue weighted by Crippen LogP contribution is 2.41. The van der Waals surface area contributed by atoms with Gasteiger partial charge in [0.15, 0.2) is 5.82 Å². The third-order valence-electron chi connectivity index (χ3n) is 3.24. The molecule has 0 unspecified atom stereocenters. The summed E-state index contributed by atoms with van der Waals surface area (Å²) in [6, 6.07) is 0. The Morgan fingerprint density at radius 3 is 2.06 bits per heavy atom. The van der Waals surface area contributed by atoms with Gasteiger partial charge in [0.2, 0.25) is 0 Å². The third kappa shape index (κ3) is 1.92. The molecule has 0 amide bonds. The van der Waals surface area contributed by atoms with E-state index in [0.29, 0.717) is 16.1 Å². The van der Waals surface area contributed by atoms with Crippen molar-refractivity contribution in [2.24, 2.45) is 0 Å². The van der Waals surface area contributed by atoms with Crippen LogP contribution < -0.4 is 0 Å². The van der Waals surface area contributed by atoms with Crippen molar-refractivity contribution in [3.05, 3.63) is 21.7 Å². The van der Waals surface area contributed by atoms with Crippen LogP contribution in [0.3, 0.4) is 0 Å². The van der Waals surface area contributed by atoms with Gasteiger partial charge in [-0.15, -0.1) is 0 Å². The van der Waals surface area contributed by atoms with Gasteiger partial charge in [-0.05, 0) is 32.6 Å². The Balaban J connectivity index is 2.47. The smallest absolute Gasteiger partial charge is 0.163 e. The van der Waals surface area contributed by atoms with Crippen LogP contribution in [-0.4, -0.2) is 17.1 Å². The van der Waals surface area contributed by atoms with Crippen molar-refractivity contribution in [2.75, 3.05) is 7.11 Å². The highest BCUT2D eigenvalue weighted by molar-refractivity contribution is 6.34. The van der Waals surface area contributed by atoms with E-state index in [2.05, 4.69) is 9.97 Å². The normalized spacial score (nSPS) is 19.0. The number of methoxy groups -OCH3 is 1. The van der Waals surface area contributed by atoms with E-state index in [1.54, 1.807) is 7.11 Å². The summed E-state index contributed by atoms with van der Waals surface area (Å²) in [5.41, 5.74) is 0.331. The molecule has 1 aromatic heterocycles. The maximum Gasteiger partial charge on any atom is 0.163 e. The largest absolute Gasteiger partial charge is 0.370 e. The molecule has 1 saturated carbocycles. The Bertz CT molecular complexity index is 380. The average molecular weight is 261 g/mol.